The normalized spacial score (nSPS) is 15.0. The molecule has 12 heteroatoms. The van der Waals surface area contributed by atoms with Gasteiger partial charge in [-0.25, -0.2) is 27.1 Å². The predicted molar refractivity (Wildman–Crippen MR) is 133 cm³/mol. The van der Waals surface area contributed by atoms with Crippen LogP contribution in [0, 0.1) is 6.92 Å². The minimum atomic E-state index is -3.56. The van der Waals surface area contributed by atoms with Crippen molar-refractivity contribution < 1.29 is 22.3 Å². The first kappa shape index (κ1) is 25.7. The van der Waals surface area contributed by atoms with E-state index in [1.807, 2.05) is 20.8 Å². The smallest absolute Gasteiger partial charge is 0.261 e. The van der Waals surface area contributed by atoms with Gasteiger partial charge in [0.2, 0.25) is 15.9 Å². The van der Waals surface area contributed by atoms with E-state index in [2.05, 4.69) is 10.1 Å². The van der Waals surface area contributed by atoms with E-state index in [0.717, 1.165) is 9.87 Å². The van der Waals surface area contributed by atoms with E-state index in [1.54, 1.807) is 35.6 Å². The summed E-state index contributed by atoms with van der Waals surface area (Å²) in [7, 11) is 0.816. The van der Waals surface area contributed by atoms with Crippen molar-refractivity contribution in [2.45, 2.75) is 38.6 Å². The molecule has 10 nitrogen and oxygen atoms in total. The fraction of sp³-hybridized carbons (Fsp3) is 0.417. The topological polar surface area (TPSA) is 111 Å². The number of rotatable bonds is 8. The molecule has 0 fully saturated rings. The molecule has 1 amide bonds. The quantitative estimate of drug-likeness (QED) is 0.453. The molecule has 0 aromatic carbocycles. The van der Waals surface area contributed by atoms with Gasteiger partial charge in [-0.2, -0.15) is 5.10 Å². The lowest BCUT2D eigenvalue weighted by Gasteiger charge is -2.30. The van der Waals surface area contributed by atoms with Gasteiger partial charge in [0, 0.05) is 37.6 Å². The van der Waals surface area contributed by atoms with Crippen LogP contribution in [0.4, 0.5) is 10.1 Å². The standard InChI is InChI=1S/C24H29FN6O4S/c1-15-9-19(16-10-17(22(35-6)26-11-16)14-36(33,34)29(4)5)28-21-20(15)23(32)31(24(21,2)3)18-12-27-30(13-18)8-7-25/h9-13H,7-8,14H2,1-6H3. The summed E-state index contributed by atoms with van der Waals surface area (Å²) < 4.78 is 45.7. The number of anilines is 1. The lowest BCUT2D eigenvalue weighted by molar-refractivity contribution is 0.0981. The number of nitrogens with zero attached hydrogens (tertiary/aromatic N) is 6. The largest absolute Gasteiger partial charge is 0.481 e. The van der Waals surface area contributed by atoms with Gasteiger partial charge in [0.05, 0.1) is 53.8 Å². The van der Waals surface area contributed by atoms with Crippen molar-refractivity contribution in [1.82, 2.24) is 24.1 Å². The number of aryl methyl sites for hydroxylation is 2. The number of alkyl halides is 1. The van der Waals surface area contributed by atoms with Gasteiger partial charge in [-0.1, -0.05) is 0 Å². The Morgan fingerprint density at radius 2 is 1.92 bits per heavy atom. The summed E-state index contributed by atoms with van der Waals surface area (Å²) in [5.74, 6) is -0.278. The molecule has 0 aliphatic carbocycles. The minimum Gasteiger partial charge on any atom is -0.481 e. The lowest BCUT2D eigenvalue weighted by atomic mass is 9.96. The zero-order valence-electron chi connectivity index (χ0n) is 21.1. The molecule has 3 aromatic heterocycles. The van der Waals surface area contributed by atoms with Gasteiger partial charge in [0.25, 0.3) is 5.91 Å². The van der Waals surface area contributed by atoms with Crippen LogP contribution in [-0.4, -0.2) is 66.3 Å². The third-order valence-corrected chi connectivity index (χ3v) is 8.06. The average molecular weight is 517 g/mol. The molecule has 0 unspecified atom stereocenters. The van der Waals surface area contributed by atoms with Crippen LogP contribution in [0.5, 0.6) is 5.88 Å². The van der Waals surface area contributed by atoms with Crippen molar-refractivity contribution in [3.8, 4) is 17.1 Å². The molecule has 36 heavy (non-hydrogen) atoms. The molecule has 0 saturated carbocycles. The van der Waals surface area contributed by atoms with Crippen LogP contribution >= 0.6 is 0 Å². The zero-order valence-corrected chi connectivity index (χ0v) is 21.9. The molecule has 0 saturated heterocycles. The highest BCUT2D eigenvalue weighted by atomic mass is 32.2. The van der Waals surface area contributed by atoms with Gasteiger partial charge >= 0.3 is 0 Å². The third-order valence-electron chi connectivity index (χ3n) is 6.27. The Bertz CT molecular complexity index is 1430. The molecule has 1 aliphatic rings. The summed E-state index contributed by atoms with van der Waals surface area (Å²) in [6, 6.07) is 3.49. The maximum absolute atomic E-state index is 13.5. The fourth-order valence-electron chi connectivity index (χ4n) is 4.37. The van der Waals surface area contributed by atoms with Crippen LogP contribution in [-0.2, 0) is 27.9 Å². The van der Waals surface area contributed by atoms with E-state index in [1.165, 1.54) is 25.9 Å². The summed E-state index contributed by atoms with van der Waals surface area (Å²) >= 11 is 0. The molecular formula is C24H29FN6O4S. The molecule has 0 radical (unpaired) electrons. The van der Waals surface area contributed by atoms with Crippen molar-refractivity contribution in [2.24, 2.45) is 0 Å². The number of pyridine rings is 2. The summed E-state index contributed by atoms with van der Waals surface area (Å²) in [5, 5.41) is 4.16. The molecule has 1 aliphatic heterocycles. The maximum Gasteiger partial charge on any atom is 0.261 e. The van der Waals surface area contributed by atoms with Crippen LogP contribution in [0.2, 0.25) is 0 Å². The second-order valence-corrected chi connectivity index (χ2v) is 11.5. The van der Waals surface area contributed by atoms with E-state index in [0.29, 0.717) is 33.8 Å². The molecule has 3 aromatic rings. The fourth-order valence-corrected chi connectivity index (χ4v) is 5.23. The summed E-state index contributed by atoms with van der Waals surface area (Å²) in [5.41, 5.74) is 3.11. The Labute approximate surface area is 209 Å². The molecule has 4 rings (SSSR count). The van der Waals surface area contributed by atoms with Gasteiger partial charge in [-0.15, -0.1) is 0 Å². The molecule has 0 atom stereocenters. The number of aromatic nitrogens is 4. The Morgan fingerprint density at radius 1 is 1.19 bits per heavy atom. The highest BCUT2D eigenvalue weighted by Crippen LogP contribution is 2.43. The average Bonchev–Trinajstić information content (AvgIpc) is 3.33. The first-order chi connectivity index (χ1) is 16.9. The number of amides is 1. The molecule has 192 valence electrons. The SMILES string of the molecule is COc1ncc(-c2cc(C)c3c(n2)C(C)(C)N(c2cnn(CCF)c2)C3=O)cc1CS(=O)(=O)N(C)C. The molecule has 0 spiro atoms. The van der Waals surface area contributed by atoms with Crippen molar-refractivity contribution >= 4 is 21.6 Å². The highest BCUT2D eigenvalue weighted by Gasteiger charge is 2.47. The van der Waals surface area contributed by atoms with Crippen LogP contribution < -0.4 is 9.64 Å². The number of halogens is 1. The van der Waals surface area contributed by atoms with E-state index in [9.17, 15) is 17.6 Å². The number of ether oxygens (including phenoxy) is 1. The second kappa shape index (κ2) is 9.25. The first-order valence-electron chi connectivity index (χ1n) is 11.3. The van der Waals surface area contributed by atoms with Crippen molar-refractivity contribution in [2.75, 3.05) is 32.8 Å². The van der Waals surface area contributed by atoms with Crippen molar-refractivity contribution in [1.29, 1.82) is 0 Å². The Hall–Kier alpha value is -3.38. The van der Waals surface area contributed by atoms with Gasteiger partial charge in [0.1, 0.15) is 6.67 Å². The lowest BCUT2D eigenvalue weighted by Crippen LogP contribution is -2.39. The van der Waals surface area contributed by atoms with E-state index < -0.39 is 22.2 Å². The number of sulfonamides is 1. The second-order valence-electron chi connectivity index (χ2n) is 9.33. The molecule has 0 N–H and O–H groups in total. The van der Waals surface area contributed by atoms with Crippen LogP contribution in [0.15, 0.2) is 30.7 Å². The molecule has 4 heterocycles. The predicted octanol–water partition coefficient (Wildman–Crippen LogP) is 2.91. The highest BCUT2D eigenvalue weighted by molar-refractivity contribution is 7.88. The van der Waals surface area contributed by atoms with Gasteiger partial charge in [0.15, 0.2) is 0 Å². The third kappa shape index (κ3) is 4.35. The van der Waals surface area contributed by atoms with Gasteiger partial charge in [-0.3, -0.25) is 14.4 Å². The van der Waals surface area contributed by atoms with Gasteiger partial charge in [-0.05, 0) is 38.5 Å². The van der Waals surface area contributed by atoms with E-state index in [4.69, 9.17) is 9.72 Å². The number of hydrogen-bond donors (Lipinski definition) is 0. The minimum absolute atomic E-state index is 0.104. The van der Waals surface area contributed by atoms with E-state index in [-0.39, 0.29) is 24.1 Å². The maximum atomic E-state index is 13.5. The van der Waals surface area contributed by atoms with Crippen LogP contribution in [0.1, 0.15) is 41.0 Å². The Balaban J connectivity index is 1.79. The number of hydrogen-bond acceptors (Lipinski definition) is 7. The van der Waals surface area contributed by atoms with Crippen LogP contribution in [0.3, 0.4) is 0 Å². The van der Waals surface area contributed by atoms with Crippen molar-refractivity contribution in [3.05, 3.63) is 53.1 Å². The monoisotopic (exact) mass is 516 g/mol. The number of carbonyl (C=O) groups is 1. The van der Waals surface area contributed by atoms with Crippen LogP contribution in [0.25, 0.3) is 11.3 Å². The van der Waals surface area contributed by atoms with Crippen molar-refractivity contribution in [3.63, 3.8) is 0 Å². The zero-order chi connectivity index (χ0) is 26.4. The summed E-state index contributed by atoms with van der Waals surface area (Å²) in [4.78, 5) is 24.3. The summed E-state index contributed by atoms with van der Waals surface area (Å²) in [6.45, 7) is 5.16. The van der Waals surface area contributed by atoms with Gasteiger partial charge < -0.3 is 4.74 Å². The number of carbonyl (C=O) groups excluding carboxylic acids is 1. The number of fused-ring (bicyclic) bond motifs is 1. The first-order valence-corrected chi connectivity index (χ1v) is 12.9. The summed E-state index contributed by atoms with van der Waals surface area (Å²) in [6.07, 6.45) is 4.76. The Kier molecular flexibility index (Phi) is 6.60. The number of methoxy groups -OCH3 is 1. The molecular weight excluding hydrogens is 487 g/mol. The Morgan fingerprint density at radius 3 is 2.56 bits per heavy atom. The molecule has 0 bridgehead atoms. The van der Waals surface area contributed by atoms with E-state index >= 15 is 0 Å².